The van der Waals surface area contributed by atoms with E-state index >= 15 is 0 Å². The van der Waals surface area contributed by atoms with Crippen molar-refractivity contribution in [2.24, 2.45) is 0 Å². The van der Waals surface area contributed by atoms with Gasteiger partial charge in [-0.3, -0.25) is 9.59 Å². The van der Waals surface area contributed by atoms with Crippen LogP contribution in [0.1, 0.15) is 54.7 Å². The molecular formula is C28H31FN2O3S. The Morgan fingerprint density at radius 3 is 2.51 bits per heavy atom. The van der Waals surface area contributed by atoms with Gasteiger partial charge in [0.2, 0.25) is 11.8 Å². The Balaban J connectivity index is 1.74. The molecule has 1 saturated carbocycles. The van der Waals surface area contributed by atoms with E-state index in [0.29, 0.717) is 17.9 Å². The van der Waals surface area contributed by atoms with Crippen LogP contribution in [0.5, 0.6) is 5.75 Å². The molecule has 1 N–H and O–H groups in total. The zero-order chi connectivity index (χ0) is 24.6. The maximum absolute atomic E-state index is 13.8. The number of ether oxygens (including phenoxy) is 1. The van der Waals surface area contributed by atoms with E-state index in [-0.39, 0.29) is 36.6 Å². The lowest BCUT2D eigenvalue weighted by Crippen LogP contribution is -2.46. The average molecular weight is 495 g/mol. The van der Waals surface area contributed by atoms with Crippen LogP contribution in [-0.4, -0.2) is 29.4 Å². The highest BCUT2D eigenvalue weighted by Gasteiger charge is 2.35. The number of para-hydroxylation sites is 1. The molecule has 1 aliphatic carbocycles. The summed E-state index contributed by atoms with van der Waals surface area (Å²) >= 11 is 1.51. The third kappa shape index (κ3) is 6.48. The Hall–Kier alpha value is -3.19. The van der Waals surface area contributed by atoms with Crippen molar-refractivity contribution in [1.82, 2.24) is 10.2 Å². The lowest BCUT2D eigenvalue weighted by atomic mass is 10.0. The first-order valence-corrected chi connectivity index (χ1v) is 13.0. The van der Waals surface area contributed by atoms with Crippen LogP contribution < -0.4 is 10.1 Å². The van der Waals surface area contributed by atoms with E-state index in [9.17, 15) is 14.0 Å². The van der Waals surface area contributed by atoms with Gasteiger partial charge in [0.05, 0.1) is 13.0 Å². The minimum absolute atomic E-state index is 0.101. The van der Waals surface area contributed by atoms with E-state index in [1.54, 1.807) is 17.0 Å². The van der Waals surface area contributed by atoms with Gasteiger partial charge in [0.15, 0.2) is 0 Å². The van der Waals surface area contributed by atoms with E-state index in [1.807, 2.05) is 48.7 Å². The molecule has 0 radical (unpaired) electrons. The van der Waals surface area contributed by atoms with Crippen LogP contribution in [0, 0.1) is 5.82 Å². The van der Waals surface area contributed by atoms with Crippen LogP contribution in [0.2, 0.25) is 0 Å². The summed E-state index contributed by atoms with van der Waals surface area (Å²) in [6.45, 7) is 2.51. The topological polar surface area (TPSA) is 58.6 Å². The van der Waals surface area contributed by atoms with Gasteiger partial charge in [0, 0.05) is 23.0 Å². The molecule has 1 heterocycles. The van der Waals surface area contributed by atoms with Gasteiger partial charge in [-0.05, 0) is 55.0 Å². The average Bonchev–Trinajstić information content (AvgIpc) is 3.56. The van der Waals surface area contributed by atoms with Crippen molar-refractivity contribution in [2.45, 2.75) is 57.7 Å². The normalized spacial score (nSPS) is 14.5. The van der Waals surface area contributed by atoms with Crippen molar-refractivity contribution < 1.29 is 18.7 Å². The Morgan fingerprint density at radius 2 is 1.83 bits per heavy atom. The van der Waals surface area contributed by atoms with Gasteiger partial charge in [-0.25, -0.2) is 4.39 Å². The lowest BCUT2D eigenvalue weighted by molar-refractivity contribution is -0.141. The molecule has 0 saturated heterocycles. The number of benzene rings is 2. The fourth-order valence-corrected chi connectivity index (χ4v) is 5.26. The molecule has 5 nitrogen and oxygen atoms in total. The van der Waals surface area contributed by atoms with Gasteiger partial charge < -0.3 is 15.0 Å². The number of amides is 2. The summed E-state index contributed by atoms with van der Waals surface area (Å²) in [6, 6.07) is 16.5. The molecule has 2 amide bonds. The second-order valence-electron chi connectivity index (χ2n) is 8.77. The molecular weight excluding hydrogens is 463 g/mol. The van der Waals surface area contributed by atoms with E-state index in [2.05, 4.69) is 5.32 Å². The second-order valence-corrected chi connectivity index (χ2v) is 9.80. The highest BCUT2D eigenvalue weighted by atomic mass is 32.1. The van der Waals surface area contributed by atoms with Crippen LogP contribution in [0.25, 0.3) is 0 Å². The maximum atomic E-state index is 13.8. The number of nitrogens with zero attached hydrogens (tertiary/aromatic N) is 1. The summed E-state index contributed by atoms with van der Waals surface area (Å²) in [7, 11) is 0. The molecule has 4 rings (SSSR count). The standard InChI is InChI=1S/C28H31FN2O3S/c1-2-34-25-12-6-5-11-24(25)27(28(33)30-22-8-3-4-9-22)31(19-20-13-15-21(29)16-14-20)26(32)18-23-10-7-17-35-23/h5-7,10-17,22,27H,2-4,8-9,18-19H2,1H3,(H,30,33). The van der Waals surface area contributed by atoms with Crippen molar-refractivity contribution in [3.8, 4) is 5.75 Å². The smallest absolute Gasteiger partial charge is 0.247 e. The number of hydrogen-bond donors (Lipinski definition) is 1. The summed E-state index contributed by atoms with van der Waals surface area (Å²) in [6.07, 6.45) is 4.23. The van der Waals surface area contributed by atoms with Crippen LogP contribution in [0.3, 0.4) is 0 Å². The first-order chi connectivity index (χ1) is 17.0. The van der Waals surface area contributed by atoms with Gasteiger partial charge in [-0.15, -0.1) is 11.3 Å². The molecule has 0 aliphatic heterocycles. The van der Waals surface area contributed by atoms with E-state index in [4.69, 9.17) is 4.74 Å². The molecule has 1 fully saturated rings. The molecule has 2 aromatic carbocycles. The zero-order valence-corrected chi connectivity index (χ0v) is 20.7. The fourth-order valence-electron chi connectivity index (χ4n) is 4.57. The number of carbonyl (C=O) groups excluding carboxylic acids is 2. The summed E-state index contributed by atoms with van der Waals surface area (Å²) in [5.41, 5.74) is 1.39. The van der Waals surface area contributed by atoms with Crippen molar-refractivity contribution in [1.29, 1.82) is 0 Å². The quantitative estimate of drug-likeness (QED) is 0.396. The highest BCUT2D eigenvalue weighted by Crippen LogP contribution is 2.33. The van der Waals surface area contributed by atoms with Crippen LogP contribution in [0.4, 0.5) is 4.39 Å². The van der Waals surface area contributed by atoms with Crippen molar-refractivity contribution in [3.05, 3.63) is 87.9 Å². The van der Waals surface area contributed by atoms with Crippen LogP contribution in [0.15, 0.2) is 66.0 Å². The van der Waals surface area contributed by atoms with Crippen molar-refractivity contribution >= 4 is 23.2 Å². The Morgan fingerprint density at radius 1 is 1.09 bits per heavy atom. The first-order valence-electron chi connectivity index (χ1n) is 12.1. The fraction of sp³-hybridized carbons (Fsp3) is 0.357. The summed E-state index contributed by atoms with van der Waals surface area (Å²) in [4.78, 5) is 30.1. The van der Waals surface area contributed by atoms with Gasteiger partial charge in [0.1, 0.15) is 17.6 Å². The Bertz CT molecular complexity index is 1110. The van der Waals surface area contributed by atoms with E-state index in [1.165, 1.54) is 23.5 Å². The monoisotopic (exact) mass is 494 g/mol. The number of nitrogens with one attached hydrogen (secondary N) is 1. The number of halogens is 1. The van der Waals surface area contributed by atoms with Gasteiger partial charge >= 0.3 is 0 Å². The number of thiophene rings is 1. The lowest BCUT2D eigenvalue weighted by Gasteiger charge is -2.33. The Kier molecular flexibility index (Phi) is 8.53. The summed E-state index contributed by atoms with van der Waals surface area (Å²) in [5.74, 6) is -0.155. The van der Waals surface area contributed by atoms with Crippen LogP contribution in [-0.2, 0) is 22.6 Å². The third-order valence-corrected chi connectivity index (χ3v) is 7.14. The number of hydrogen-bond acceptors (Lipinski definition) is 4. The van der Waals surface area contributed by atoms with E-state index < -0.39 is 6.04 Å². The SMILES string of the molecule is CCOc1ccccc1C(C(=O)NC1CCCC1)N(Cc1ccc(F)cc1)C(=O)Cc1cccs1. The molecule has 0 spiro atoms. The second kappa shape index (κ2) is 12.0. The van der Waals surface area contributed by atoms with Gasteiger partial charge in [-0.1, -0.05) is 49.2 Å². The largest absolute Gasteiger partial charge is 0.494 e. The van der Waals surface area contributed by atoms with Crippen molar-refractivity contribution in [2.75, 3.05) is 6.61 Å². The van der Waals surface area contributed by atoms with Gasteiger partial charge in [0.25, 0.3) is 0 Å². The number of rotatable bonds is 10. The molecule has 184 valence electrons. The molecule has 1 aromatic heterocycles. The first kappa shape index (κ1) is 24.9. The summed E-state index contributed by atoms with van der Waals surface area (Å²) < 4.78 is 19.5. The third-order valence-electron chi connectivity index (χ3n) is 6.27. The van der Waals surface area contributed by atoms with Crippen molar-refractivity contribution in [3.63, 3.8) is 0 Å². The molecule has 1 atom stereocenters. The van der Waals surface area contributed by atoms with E-state index in [0.717, 1.165) is 36.1 Å². The molecule has 35 heavy (non-hydrogen) atoms. The minimum Gasteiger partial charge on any atom is -0.494 e. The molecule has 3 aromatic rings. The Labute approximate surface area is 209 Å². The minimum atomic E-state index is -0.879. The number of carbonyl (C=O) groups is 2. The summed E-state index contributed by atoms with van der Waals surface area (Å²) in [5, 5.41) is 5.12. The molecule has 7 heteroatoms. The predicted octanol–water partition coefficient (Wildman–Crippen LogP) is 5.66. The zero-order valence-electron chi connectivity index (χ0n) is 19.9. The molecule has 1 aliphatic rings. The van der Waals surface area contributed by atoms with Gasteiger partial charge in [-0.2, -0.15) is 0 Å². The molecule has 0 bridgehead atoms. The van der Waals surface area contributed by atoms with Crippen LogP contribution >= 0.6 is 11.3 Å². The predicted molar refractivity (Wildman–Crippen MR) is 136 cm³/mol. The molecule has 1 unspecified atom stereocenters. The maximum Gasteiger partial charge on any atom is 0.247 e. The highest BCUT2D eigenvalue weighted by molar-refractivity contribution is 7.10.